The molecule has 1 aliphatic rings. The fraction of sp³-hybridized carbons (Fsp3) is 0.520. The molecular weight excluding hydrogens is 438 g/mol. The van der Waals surface area contributed by atoms with Crippen LogP contribution in [0.1, 0.15) is 66.8 Å². The number of hydrogen-bond acceptors (Lipinski definition) is 5. The Balaban J connectivity index is 1.79. The summed E-state index contributed by atoms with van der Waals surface area (Å²) in [5.41, 5.74) is 4.78. The second-order valence-electron chi connectivity index (χ2n) is 9.10. The van der Waals surface area contributed by atoms with Gasteiger partial charge < -0.3 is 9.84 Å². The maximum absolute atomic E-state index is 13.5. The highest BCUT2D eigenvalue weighted by Gasteiger charge is 2.36. The summed E-state index contributed by atoms with van der Waals surface area (Å²) in [6, 6.07) is 4.31. The number of aromatic nitrogens is 1. The van der Waals surface area contributed by atoms with E-state index in [1.165, 1.54) is 9.87 Å². The summed E-state index contributed by atoms with van der Waals surface area (Å²) in [6.45, 7) is 12.3. The van der Waals surface area contributed by atoms with Crippen LogP contribution in [0.2, 0.25) is 0 Å². The van der Waals surface area contributed by atoms with E-state index in [1.807, 2.05) is 33.8 Å². The van der Waals surface area contributed by atoms with Gasteiger partial charge in [-0.1, -0.05) is 35.9 Å². The summed E-state index contributed by atoms with van der Waals surface area (Å²) in [5, 5.41) is 6.94. The number of carbonyl (C=O) groups is 1. The van der Waals surface area contributed by atoms with Crippen molar-refractivity contribution < 1.29 is 17.7 Å². The molecule has 0 bridgehead atoms. The monoisotopic (exact) mass is 473 g/mol. The van der Waals surface area contributed by atoms with Crippen LogP contribution in [0.25, 0.3) is 12.2 Å². The Morgan fingerprint density at radius 3 is 2.36 bits per heavy atom. The number of hydrogen-bond donors (Lipinski definition) is 1. The number of piperidine rings is 1. The molecule has 1 aliphatic heterocycles. The van der Waals surface area contributed by atoms with Crippen molar-refractivity contribution in [3.05, 3.63) is 45.8 Å². The van der Waals surface area contributed by atoms with Gasteiger partial charge in [0.2, 0.25) is 15.9 Å². The Labute approximate surface area is 197 Å². The maximum atomic E-state index is 13.5. The topological polar surface area (TPSA) is 92.5 Å². The molecule has 1 aromatic heterocycles. The molecule has 7 nitrogen and oxygen atoms in total. The molecule has 0 aliphatic carbocycles. The van der Waals surface area contributed by atoms with Gasteiger partial charge in [-0.25, -0.2) is 8.42 Å². The Kier molecular flexibility index (Phi) is 7.80. The molecule has 1 N–H and O–H groups in total. The van der Waals surface area contributed by atoms with Crippen LogP contribution in [-0.4, -0.2) is 42.9 Å². The molecule has 8 heteroatoms. The lowest BCUT2D eigenvalue weighted by Crippen LogP contribution is -2.44. The van der Waals surface area contributed by atoms with Crippen molar-refractivity contribution in [3.63, 3.8) is 0 Å². The second-order valence-corrected chi connectivity index (χ2v) is 11.0. The van der Waals surface area contributed by atoms with Gasteiger partial charge in [-0.2, -0.15) is 4.31 Å². The lowest BCUT2D eigenvalue weighted by Gasteiger charge is -2.31. The normalized spacial score (nSPS) is 16.9. The number of carbonyl (C=O) groups excluding carboxylic acids is 1. The van der Waals surface area contributed by atoms with E-state index in [2.05, 4.69) is 29.5 Å². The molecule has 0 unspecified atom stereocenters. The van der Waals surface area contributed by atoms with Crippen LogP contribution < -0.4 is 5.32 Å². The van der Waals surface area contributed by atoms with Crippen molar-refractivity contribution in [3.8, 4) is 0 Å². The van der Waals surface area contributed by atoms with E-state index in [9.17, 15) is 13.2 Å². The van der Waals surface area contributed by atoms with Gasteiger partial charge in [0.1, 0.15) is 5.69 Å². The minimum Gasteiger partial charge on any atom is -0.355 e. The third-order valence-corrected chi connectivity index (χ3v) is 8.45. The Hall–Kier alpha value is -2.45. The minimum absolute atomic E-state index is 0.00927. The molecule has 1 fully saturated rings. The van der Waals surface area contributed by atoms with Gasteiger partial charge in [0.25, 0.3) is 0 Å². The standard InChI is InChI=1S/C25H35N3O4S/c1-7-19(5)26-25(29)21-10-12-28(13-11-21)33(30,31)24-20(6)27-32-23(24)9-8-22-17(3)14-16(2)15-18(22)4/h8-9,14-15,19,21H,7,10-13H2,1-6H3,(H,26,29)/b9-8+/t19-/m1/s1. The van der Waals surface area contributed by atoms with E-state index in [4.69, 9.17) is 4.52 Å². The number of nitrogens with one attached hydrogen (secondary N) is 1. The van der Waals surface area contributed by atoms with Gasteiger partial charge in [0.05, 0.1) is 0 Å². The zero-order valence-electron chi connectivity index (χ0n) is 20.4. The molecule has 1 amide bonds. The molecular formula is C25H35N3O4S. The third-order valence-electron chi connectivity index (χ3n) is 6.40. The Bertz CT molecular complexity index is 1120. The highest BCUT2D eigenvalue weighted by molar-refractivity contribution is 7.89. The summed E-state index contributed by atoms with van der Waals surface area (Å²) in [6.07, 6.45) is 5.43. The van der Waals surface area contributed by atoms with E-state index in [1.54, 1.807) is 13.0 Å². The van der Waals surface area contributed by atoms with Gasteiger partial charge in [-0.3, -0.25) is 4.79 Å². The van der Waals surface area contributed by atoms with Gasteiger partial charge in [0, 0.05) is 25.0 Å². The van der Waals surface area contributed by atoms with Crippen LogP contribution >= 0.6 is 0 Å². The fourth-order valence-corrected chi connectivity index (χ4v) is 6.08. The van der Waals surface area contributed by atoms with Crippen molar-refractivity contribution in [1.29, 1.82) is 0 Å². The zero-order chi connectivity index (χ0) is 24.3. The summed E-state index contributed by atoms with van der Waals surface area (Å²) in [7, 11) is -3.79. The highest BCUT2D eigenvalue weighted by atomic mass is 32.2. The SMILES string of the molecule is CC[C@@H](C)NC(=O)C1CCN(S(=O)(=O)c2c(C)noc2/C=C/c2c(C)cc(C)cc2C)CC1. The summed E-state index contributed by atoms with van der Waals surface area (Å²) in [5.74, 6) is 0.0689. The molecule has 2 aromatic rings. The zero-order valence-corrected chi connectivity index (χ0v) is 21.3. The van der Waals surface area contributed by atoms with Gasteiger partial charge in [-0.15, -0.1) is 0 Å². The average molecular weight is 474 g/mol. The van der Waals surface area contributed by atoms with Crippen LogP contribution in [0.15, 0.2) is 21.6 Å². The lowest BCUT2D eigenvalue weighted by atomic mass is 9.97. The third kappa shape index (κ3) is 5.55. The number of rotatable bonds is 7. The number of sulfonamides is 1. The Morgan fingerprint density at radius 2 is 1.79 bits per heavy atom. The molecule has 1 aromatic carbocycles. The van der Waals surface area contributed by atoms with Crippen molar-refractivity contribution in [2.75, 3.05) is 13.1 Å². The second kappa shape index (κ2) is 10.2. The van der Waals surface area contributed by atoms with Crippen LogP contribution in [0.5, 0.6) is 0 Å². The molecule has 1 atom stereocenters. The molecule has 2 heterocycles. The molecule has 0 saturated carbocycles. The molecule has 180 valence electrons. The Morgan fingerprint density at radius 1 is 1.18 bits per heavy atom. The van der Waals surface area contributed by atoms with E-state index in [0.717, 1.165) is 23.1 Å². The van der Waals surface area contributed by atoms with Crippen LogP contribution in [-0.2, 0) is 14.8 Å². The summed E-state index contributed by atoms with van der Waals surface area (Å²) in [4.78, 5) is 12.5. The van der Waals surface area contributed by atoms with Crippen molar-refractivity contribution >= 4 is 28.1 Å². The van der Waals surface area contributed by atoms with Gasteiger partial charge >= 0.3 is 0 Å². The number of aryl methyl sites for hydroxylation is 4. The predicted octanol–water partition coefficient (Wildman–Crippen LogP) is 4.39. The maximum Gasteiger partial charge on any atom is 0.248 e. The molecule has 3 rings (SSSR count). The van der Waals surface area contributed by atoms with Gasteiger partial charge in [-0.05, 0) is 76.6 Å². The first kappa shape index (κ1) is 25.2. The first-order valence-electron chi connectivity index (χ1n) is 11.6. The van der Waals surface area contributed by atoms with E-state index in [-0.39, 0.29) is 28.5 Å². The summed E-state index contributed by atoms with van der Waals surface area (Å²) < 4.78 is 33.8. The first-order valence-corrected chi connectivity index (χ1v) is 13.0. The van der Waals surface area contributed by atoms with Crippen molar-refractivity contribution in [2.24, 2.45) is 5.92 Å². The quantitative estimate of drug-likeness (QED) is 0.644. The predicted molar refractivity (Wildman–Crippen MR) is 130 cm³/mol. The number of nitrogens with zero attached hydrogens (tertiary/aromatic N) is 2. The summed E-state index contributed by atoms with van der Waals surface area (Å²) >= 11 is 0. The molecule has 0 radical (unpaired) electrons. The first-order chi connectivity index (χ1) is 15.5. The highest BCUT2D eigenvalue weighted by Crippen LogP contribution is 2.30. The van der Waals surface area contributed by atoms with Crippen molar-refractivity contribution in [2.45, 2.75) is 71.7 Å². The van der Waals surface area contributed by atoms with Gasteiger partial charge in [0.15, 0.2) is 10.7 Å². The smallest absolute Gasteiger partial charge is 0.248 e. The van der Waals surface area contributed by atoms with Crippen LogP contribution in [0.4, 0.5) is 0 Å². The van der Waals surface area contributed by atoms with Crippen LogP contribution in [0.3, 0.4) is 0 Å². The molecule has 33 heavy (non-hydrogen) atoms. The largest absolute Gasteiger partial charge is 0.355 e. The average Bonchev–Trinajstić information content (AvgIpc) is 3.14. The molecule has 0 spiro atoms. The fourth-order valence-electron chi connectivity index (χ4n) is 4.36. The minimum atomic E-state index is -3.79. The molecule has 1 saturated heterocycles. The van der Waals surface area contributed by atoms with Crippen molar-refractivity contribution in [1.82, 2.24) is 14.8 Å². The number of amides is 1. The van der Waals surface area contributed by atoms with E-state index < -0.39 is 10.0 Å². The number of benzene rings is 1. The van der Waals surface area contributed by atoms with E-state index >= 15 is 0 Å². The lowest BCUT2D eigenvalue weighted by molar-refractivity contribution is -0.126. The van der Waals surface area contributed by atoms with E-state index in [0.29, 0.717) is 31.6 Å². The van der Waals surface area contributed by atoms with Crippen LogP contribution in [0, 0.1) is 33.6 Å².